The molecule has 0 aliphatic carbocycles. The number of aromatic carboxylic acids is 1. The van der Waals surface area contributed by atoms with Crippen molar-refractivity contribution in [2.75, 3.05) is 7.05 Å². The highest BCUT2D eigenvalue weighted by Crippen LogP contribution is 2.33. The molecule has 0 bridgehead atoms. The van der Waals surface area contributed by atoms with E-state index in [9.17, 15) is 14.3 Å². The van der Waals surface area contributed by atoms with Crippen LogP contribution in [0.25, 0.3) is 16.9 Å². The summed E-state index contributed by atoms with van der Waals surface area (Å²) >= 11 is 18.0. The van der Waals surface area contributed by atoms with Crippen molar-refractivity contribution < 1.29 is 14.3 Å². The van der Waals surface area contributed by atoms with Gasteiger partial charge < -0.3 is 10.4 Å². The van der Waals surface area contributed by atoms with Crippen molar-refractivity contribution in [2.45, 2.75) is 19.4 Å². The van der Waals surface area contributed by atoms with Crippen molar-refractivity contribution >= 4 is 40.8 Å². The van der Waals surface area contributed by atoms with Crippen LogP contribution in [0, 0.1) is 5.82 Å². The van der Waals surface area contributed by atoms with Gasteiger partial charge in [-0.1, -0.05) is 70.3 Å². The summed E-state index contributed by atoms with van der Waals surface area (Å²) in [4.78, 5) is 11.9. The maximum Gasteiger partial charge on any atom is 0.356 e. The predicted octanol–water partition coefficient (Wildman–Crippen LogP) is 6.41. The number of aromatic nitrogens is 6. The molecule has 40 heavy (non-hydrogen) atoms. The minimum atomic E-state index is -1.17. The van der Waals surface area contributed by atoms with E-state index in [1.54, 1.807) is 60.7 Å². The van der Waals surface area contributed by atoms with Gasteiger partial charge in [-0.3, -0.25) is 0 Å². The molecule has 3 aromatic carbocycles. The monoisotopic (exact) mass is 601 g/mol. The number of hydrogen-bond donors (Lipinski definition) is 3. The number of carbonyl (C=O) groups is 1. The van der Waals surface area contributed by atoms with Gasteiger partial charge in [-0.15, -0.1) is 10.2 Å². The molecule has 0 aliphatic heterocycles. The highest BCUT2D eigenvalue weighted by Gasteiger charge is 2.26. The second-order valence-corrected chi connectivity index (χ2v) is 9.79. The fraction of sp³-hybridized carbons (Fsp3) is 0.148. The minimum absolute atomic E-state index is 0.116. The average Bonchev–Trinajstić information content (AvgIpc) is 3.59. The van der Waals surface area contributed by atoms with Gasteiger partial charge in [0.2, 0.25) is 0 Å². The molecular formula is C27H23Cl3FN7O2. The summed E-state index contributed by atoms with van der Waals surface area (Å²) in [5.74, 6) is -1.19. The summed E-state index contributed by atoms with van der Waals surface area (Å²) < 4.78 is 14.2. The number of benzene rings is 3. The topological polar surface area (TPSA) is 122 Å². The third-order valence-corrected chi connectivity index (χ3v) is 6.85. The largest absolute Gasteiger partial charge is 0.476 e. The number of carboxylic acids is 1. The molecule has 206 valence electrons. The zero-order chi connectivity index (χ0) is 28.8. The molecule has 0 fully saturated rings. The maximum absolute atomic E-state index is 12.7. The van der Waals surface area contributed by atoms with Crippen LogP contribution in [0.3, 0.4) is 0 Å². The van der Waals surface area contributed by atoms with Gasteiger partial charge in [0, 0.05) is 28.6 Å². The van der Waals surface area contributed by atoms with E-state index in [0.29, 0.717) is 32.8 Å². The Kier molecular flexibility index (Phi) is 9.49. The number of tetrazole rings is 1. The van der Waals surface area contributed by atoms with E-state index in [1.807, 2.05) is 14.0 Å². The SMILES string of the molecule is CN[C@H](C)c1ccc(F)c(Cl)c1.O=C(O)c1nn(-c2ccccc2Cl)c(-c2ccc(Cl)cc2)c1Cc1nn[nH]n1. The molecule has 13 heteroatoms. The fourth-order valence-electron chi connectivity index (χ4n) is 3.86. The number of H-pyrrole nitrogens is 1. The van der Waals surface area contributed by atoms with Crippen LogP contribution in [-0.2, 0) is 6.42 Å². The van der Waals surface area contributed by atoms with Crippen LogP contribution in [-0.4, -0.2) is 48.5 Å². The third kappa shape index (κ3) is 6.65. The number of nitrogens with zero attached hydrogens (tertiary/aromatic N) is 5. The number of rotatable bonds is 7. The first-order chi connectivity index (χ1) is 19.2. The van der Waals surface area contributed by atoms with Crippen molar-refractivity contribution in [1.29, 1.82) is 0 Å². The van der Waals surface area contributed by atoms with Gasteiger partial charge in [0.15, 0.2) is 11.5 Å². The Morgan fingerprint density at radius 3 is 2.40 bits per heavy atom. The lowest BCUT2D eigenvalue weighted by atomic mass is 10.0. The lowest BCUT2D eigenvalue weighted by Crippen LogP contribution is -2.12. The molecule has 1 atom stereocenters. The normalized spacial score (nSPS) is 11.6. The number of halogens is 4. The zero-order valence-electron chi connectivity index (χ0n) is 21.2. The van der Waals surface area contributed by atoms with Crippen molar-refractivity contribution in [1.82, 2.24) is 35.7 Å². The third-order valence-electron chi connectivity index (χ3n) is 5.99. The first-order valence-electron chi connectivity index (χ1n) is 11.9. The smallest absolute Gasteiger partial charge is 0.356 e. The van der Waals surface area contributed by atoms with E-state index in [4.69, 9.17) is 34.8 Å². The van der Waals surface area contributed by atoms with E-state index < -0.39 is 5.97 Å². The van der Waals surface area contributed by atoms with E-state index in [2.05, 4.69) is 31.0 Å². The molecule has 5 aromatic rings. The average molecular weight is 603 g/mol. The standard InChI is InChI=1S/C18H12Cl2N6O2.C9H11ClFN/c19-11-7-5-10(6-8-11)17-12(9-15-21-24-25-22-15)16(18(27)28)23-26(17)14-4-2-1-3-13(14)20;1-6(12-2)7-3-4-9(11)8(10)5-7/h1-8H,9H2,(H,27,28)(H,21,22,24,25);3-6,12H,1-2H3/t;6-/m.1/s1. The quantitative estimate of drug-likeness (QED) is 0.197. The van der Waals surface area contributed by atoms with Gasteiger partial charge in [0.1, 0.15) is 5.82 Å². The molecule has 0 unspecified atom stereocenters. The van der Waals surface area contributed by atoms with E-state index >= 15 is 0 Å². The van der Waals surface area contributed by atoms with Gasteiger partial charge >= 0.3 is 5.97 Å². The van der Waals surface area contributed by atoms with E-state index in [0.717, 1.165) is 11.1 Å². The first-order valence-corrected chi connectivity index (χ1v) is 13.0. The molecule has 5 rings (SSSR count). The molecule has 0 saturated carbocycles. The molecule has 0 spiro atoms. The number of aromatic amines is 1. The Labute approximate surface area is 243 Å². The number of hydrogen-bond acceptors (Lipinski definition) is 6. The molecule has 0 aliphatic rings. The van der Waals surface area contributed by atoms with Crippen LogP contribution in [0.4, 0.5) is 4.39 Å². The number of nitrogens with one attached hydrogen (secondary N) is 2. The van der Waals surface area contributed by atoms with Gasteiger partial charge in [-0.25, -0.2) is 13.9 Å². The molecule has 9 nitrogen and oxygen atoms in total. The van der Waals surface area contributed by atoms with Crippen LogP contribution >= 0.6 is 34.8 Å². The maximum atomic E-state index is 12.7. The van der Waals surface area contributed by atoms with Gasteiger partial charge in [0.05, 0.1) is 21.4 Å². The highest BCUT2D eigenvalue weighted by atomic mass is 35.5. The molecule has 2 heterocycles. The summed E-state index contributed by atoms with van der Waals surface area (Å²) in [6.07, 6.45) is 0.126. The second kappa shape index (κ2) is 13.0. The summed E-state index contributed by atoms with van der Waals surface area (Å²) in [6.45, 7) is 1.99. The number of para-hydroxylation sites is 1. The van der Waals surface area contributed by atoms with Crippen molar-refractivity contribution in [3.05, 3.63) is 110 Å². The van der Waals surface area contributed by atoms with E-state index in [-0.39, 0.29) is 29.0 Å². The van der Waals surface area contributed by atoms with Crippen LogP contribution in [0.2, 0.25) is 15.1 Å². The predicted molar refractivity (Wildman–Crippen MR) is 152 cm³/mol. The Bertz CT molecular complexity index is 1610. The fourth-order valence-corrected chi connectivity index (χ4v) is 4.39. The summed E-state index contributed by atoms with van der Waals surface area (Å²) in [5, 5.41) is 32.1. The highest BCUT2D eigenvalue weighted by molar-refractivity contribution is 6.32. The van der Waals surface area contributed by atoms with Gasteiger partial charge in [-0.05, 0) is 55.9 Å². The second-order valence-electron chi connectivity index (χ2n) is 8.54. The van der Waals surface area contributed by atoms with Crippen LogP contribution in [0.5, 0.6) is 0 Å². The number of carboxylic acid groups (broad SMARTS) is 1. The Morgan fingerprint density at radius 1 is 1.07 bits per heavy atom. The van der Waals surface area contributed by atoms with Crippen LogP contribution in [0.15, 0.2) is 66.7 Å². The molecular weight excluding hydrogens is 580 g/mol. The minimum Gasteiger partial charge on any atom is -0.476 e. The lowest BCUT2D eigenvalue weighted by Gasteiger charge is -2.11. The molecule has 2 aromatic heterocycles. The molecule has 3 N–H and O–H groups in total. The van der Waals surface area contributed by atoms with Gasteiger partial charge in [-0.2, -0.15) is 10.3 Å². The van der Waals surface area contributed by atoms with Gasteiger partial charge in [0.25, 0.3) is 0 Å². The zero-order valence-corrected chi connectivity index (χ0v) is 23.5. The molecule has 0 saturated heterocycles. The summed E-state index contributed by atoms with van der Waals surface area (Å²) in [7, 11) is 1.85. The first kappa shape index (κ1) is 29.2. The lowest BCUT2D eigenvalue weighted by molar-refractivity contribution is 0.0689. The van der Waals surface area contributed by atoms with Crippen molar-refractivity contribution in [3.63, 3.8) is 0 Å². The molecule has 0 amide bonds. The van der Waals surface area contributed by atoms with Crippen molar-refractivity contribution in [3.8, 4) is 16.9 Å². The summed E-state index contributed by atoms with van der Waals surface area (Å²) in [6, 6.07) is 19.0. The molecule has 0 radical (unpaired) electrons. The Morgan fingerprint density at radius 2 is 1.80 bits per heavy atom. The Balaban J connectivity index is 0.000000259. The van der Waals surface area contributed by atoms with E-state index in [1.165, 1.54) is 10.7 Å². The Hall–Kier alpha value is -3.83. The summed E-state index contributed by atoms with van der Waals surface area (Å²) in [5.41, 5.74) is 3.15. The van der Waals surface area contributed by atoms with Crippen molar-refractivity contribution in [2.24, 2.45) is 0 Å². The van der Waals surface area contributed by atoms with Crippen LogP contribution in [0.1, 0.15) is 40.4 Å². The van der Waals surface area contributed by atoms with Crippen LogP contribution < -0.4 is 5.32 Å².